The molecule has 8 rings (SSSR count). The first-order chi connectivity index (χ1) is 24.8. The number of amidine groups is 1. The van der Waals surface area contributed by atoms with Gasteiger partial charge in [0, 0.05) is 50.3 Å². The molecule has 5 aliphatic rings. The summed E-state index contributed by atoms with van der Waals surface area (Å²) in [5.41, 5.74) is 1.52. The number of nitrogens with zero attached hydrogens (tertiary/aromatic N) is 5. The van der Waals surface area contributed by atoms with E-state index in [4.69, 9.17) is 9.41 Å². The highest BCUT2D eigenvalue weighted by molar-refractivity contribution is 7.92. The summed E-state index contributed by atoms with van der Waals surface area (Å²) in [6, 6.07) is 5.30. The van der Waals surface area contributed by atoms with E-state index in [1.807, 2.05) is 40.2 Å². The van der Waals surface area contributed by atoms with Gasteiger partial charge in [0.05, 0.1) is 52.7 Å². The van der Waals surface area contributed by atoms with Crippen LogP contribution in [-0.2, 0) is 10.0 Å². The van der Waals surface area contributed by atoms with Crippen LogP contribution in [0.1, 0.15) is 22.3 Å². The van der Waals surface area contributed by atoms with Crippen LogP contribution in [0.3, 0.4) is 0 Å². The minimum Gasteiger partial charge on any atom is -0.455 e. The van der Waals surface area contributed by atoms with Gasteiger partial charge >= 0.3 is 0 Å². The van der Waals surface area contributed by atoms with Crippen LogP contribution in [-0.4, -0.2) is 87.3 Å². The molecular formula is C37H32F4N6O4S. The molecule has 0 radical (unpaired) electrons. The largest absolute Gasteiger partial charge is 0.455 e. The molecule has 1 unspecified atom stereocenters. The number of fused-ring (bicyclic) bond motifs is 5. The quantitative estimate of drug-likeness (QED) is 0.236. The summed E-state index contributed by atoms with van der Waals surface area (Å²) in [5.74, 6) is -2.08. The van der Waals surface area contributed by atoms with Crippen molar-refractivity contribution >= 4 is 44.1 Å². The van der Waals surface area contributed by atoms with Crippen LogP contribution >= 0.6 is 0 Å². The monoisotopic (exact) mass is 732 g/mol. The lowest BCUT2D eigenvalue weighted by Gasteiger charge is -2.38. The summed E-state index contributed by atoms with van der Waals surface area (Å²) in [6.45, 7) is 1.20. The number of hydrogen-bond acceptors (Lipinski definition) is 8. The molecular weight excluding hydrogens is 701 g/mol. The third-order valence-electron chi connectivity index (χ3n) is 9.82. The third kappa shape index (κ3) is 5.46. The van der Waals surface area contributed by atoms with Crippen molar-refractivity contribution in [3.05, 3.63) is 118 Å². The lowest BCUT2D eigenvalue weighted by molar-refractivity contribution is 0.0964. The summed E-state index contributed by atoms with van der Waals surface area (Å²) in [7, 11) is -1.27. The predicted octanol–water partition coefficient (Wildman–Crippen LogP) is 5.96. The van der Waals surface area contributed by atoms with Gasteiger partial charge in [0.2, 0.25) is 10.0 Å². The van der Waals surface area contributed by atoms with E-state index in [2.05, 4.69) is 5.32 Å². The standard InChI is InChI=1S/C37H32F4N6O4S/c1-42-37(48)34-25-16-24(30(44(2)52(3,49)50)17-32(25)51-36(34)23-9-8-21(38)15-26(23)40)29-11-10-27-35(47(29)41)31-14-20-6-4-5-7-28(20)46(31)33(43-27)19-45-13-12-22(39)18-45/h4-11,14-17,22,28H,12-13,18-19H2,1-3H3,(H,42,48)/t22-,28?/m1/s1. The molecule has 1 amide bonds. The fourth-order valence-corrected chi connectivity index (χ4v) is 7.75. The zero-order valence-corrected chi connectivity index (χ0v) is 29.0. The van der Waals surface area contributed by atoms with Crippen LogP contribution in [0, 0.1) is 11.6 Å². The van der Waals surface area contributed by atoms with Crippen molar-refractivity contribution in [2.45, 2.75) is 18.6 Å². The van der Waals surface area contributed by atoms with Gasteiger partial charge in [0.1, 0.15) is 34.9 Å². The van der Waals surface area contributed by atoms with Crippen LogP contribution in [0.2, 0.25) is 0 Å². The second-order valence-corrected chi connectivity index (χ2v) is 15.1. The van der Waals surface area contributed by atoms with Crippen molar-refractivity contribution in [1.29, 1.82) is 0 Å². The van der Waals surface area contributed by atoms with Gasteiger partial charge in [-0.15, -0.1) is 0 Å². The average molecular weight is 733 g/mol. The highest BCUT2D eigenvalue weighted by Crippen LogP contribution is 2.47. The van der Waals surface area contributed by atoms with Gasteiger partial charge in [-0.3, -0.25) is 14.0 Å². The minimum atomic E-state index is -3.94. The topological polar surface area (TPSA) is 102 Å². The number of anilines is 1. The number of aliphatic imine (C=N–C) groups is 1. The number of carbonyl (C=O) groups is 1. The number of carbonyl (C=O) groups excluding carboxylic acids is 1. The molecule has 1 aliphatic carbocycles. The zero-order chi connectivity index (χ0) is 36.6. The highest BCUT2D eigenvalue weighted by atomic mass is 32.2. The summed E-state index contributed by atoms with van der Waals surface area (Å²) < 4.78 is 93.2. The first kappa shape index (κ1) is 33.7. The maximum Gasteiger partial charge on any atom is 0.255 e. The Hall–Kier alpha value is -5.41. The number of rotatable bonds is 7. The fourth-order valence-electron chi connectivity index (χ4n) is 7.24. The predicted molar refractivity (Wildman–Crippen MR) is 190 cm³/mol. The smallest absolute Gasteiger partial charge is 0.255 e. The van der Waals surface area contributed by atoms with Gasteiger partial charge in [0.15, 0.2) is 5.76 Å². The Morgan fingerprint density at radius 2 is 1.94 bits per heavy atom. The van der Waals surface area contributed by atoms with Crippen molar-refractivity contribution in [1.82, 2.24) is 20.2 Å². The molecule has 2 atom stereocenters. The van der Waals surface area contributed by atoms with E-state index < -0.39 is 33.7 Å². The number of benzene rings is 2. The molecule has 0 saturated carbocycles. The molecule has 5 heterocycles. The van der Waals surface area contributed by atoms with Gasteiger partial charge in [-0.05, 0) is 48.4 Å². The van der Waals surface area contributed by atoms with Crippen molar-refractivity contribution in [3.63, 3.8) is 0 Å². The van der Waals surface area contributed by atoms with E-state index in [1.165, 1.54) is 32.3 Å². The number of amides is 1. The summed E-state index contributed by atoms with van der Waals surface area (Å²) in [5, 5.41) is 3.08. The number of sulfonamides is 1. The maximum atomic E-state index is 17.3. The van der Waals surface area contributed by atoms with Crippen molar-refractivity contribution in [3.8, 4) is 11.3 Å². The number of hydrogen-bond donors (Lipinski definition) is 1. The van der Waals surface area contributed by atoms with E-state index in [1.54, 1.807) is 6.08 Å². The first-order valence-corrected chi connectivity index (χ1v) is 18.3. The SMILES string of the molecule is CNC(=O)c1c(-c2ccc(F)cc2F)oc2cc(N(C)S(C)(=O)=O)c(C3=CC=C4N=C(CN5CC[C@@H](F)C5)N5C(=C4N3F)C=C3C=CC=CC35)cc12. The number of likely N-dealkylation sites (tertiary alicyclic amines) is 1. The second kappa shape index (κ2) is 12.4. The van der Waals surface area contributed by atoms with Crippen LogP contribution in [0.25, 0.3) is 28.0 Å². The van der Waals surface area contributed by atoms with Gasteiger partial charge in [-0.1, -0.05) is 28.8 Å². The van der Waals surface area contributed by atoms with E-state index in [0.717, 1.165) is 28.3 Å². The van der Waals surface area contributed by atoms with Crippen LogP contribution in [0.5, 0.6) is 0 Å². The molecule has 0 spiro atoms. The first-order valence-electron chi connectivity index (χ1n) is 16.5. The molecule has 2 aromatic carbocycles. The molecule has 15 heteroatoms. The lowest BCUT2D eigenvalue weighted by Crippen LogP contribution is -2.45. The van der Waals surface area contributed by atoms with Crippen molar-refractivity contribution < 1.29 is 35.3 Å². The molecule has 0 bridgehead atoms. The Bertz CT molecular complexity index is 2410. The molecule has 10 nitrogen and oxygen atoms in total. The maximum absolute atomic E-state index is 17.3. The van der Waals surface area contributed by atoms with E-state index >= 15 is 8.87 Å². The fraction of sp³-hybridized carbons (Fsp3) is 0.243. The number of alkyl halides is 1. The van der Waals surface area contributed by atoms with Crippen LogP contribution < -0.4 is 9.62 Å². The lowest BCUT2D eigenvalue weighted by atomic mass is 9.98. The van der Waals surface area contributed by atoms with E-state index in [-0.39, 0.29) is 63.1 Å². The van der Waals surface area contributed by atoms with Gasteiger partial charge < -0.3 is 14.6 Å². The molecule has 1 N–H and O–H groups in total. The van der Waals surface area contributed by atoms with Crippen LogP contribution in [0.15, 0.2) is 105 Å². The number of allylic oxidation sites excluding steroid dienone is 5. The molecule has 1 aromatic heterocycles. The Balaban J connectivity index is 1.33. The summed E-state index contributed by atoms with van der Waals surface area (Å²) in [4.78, 5) is 22.1. The Labute approximate surface area is 296 Å². The molecule has 3 aromatic rings. The molecule has 52 heavy (non-hydrogen) atoms. The normalized spacial score (nSPS) is 21.1. The number of halogens is 4. The van der Waals surface area contributed by atoms with E-state index in [0.29, 0.717) is 47.9 Å². The number of furan rings is 1. The Morgan fingerprint density at radius 3 is 2.65 bits per heavy atom. The van der Waals surface area contributed by atoms with Gasteiger partial charge in [0.25, 0.3) is 5.91 Å². The van der Waals surface area contributed by atoms with Crippen LogP contribution in [0.4, 0.5) is 23.3 Å². The third-order valence-corrected chi connectivity index (χ3v) is 11.0. The molecule has 1 fully saturated rings. The second-order valence-electron chi connectivity index (χ2n) is 13.1. The summed E-state index contributed by atoms with van der Waals surface area (Å²) in [6.07, 6.45) is 13.1. The molecule has 1 saturated heterocycles. The van der Waals surface area contributed by atoms with Gasteiger partial charge in [-0.2, -0.15) is 5.12 Å². The van der Waals surface area contributed by atoms with E-state index in [9.17, 15) is 22.0 Å². The van der Waals surface area contributed by atoms with Gasteiger partial charge in [-0.25, -0.2) is 26.6 Å². The number of nitrogens with one attached hydrogen (secondary N) is 1. The summed E-state index contributed by atoms with van der Waals surface area (Å²) >= 11 is 0. The Morgan fingerprint density at radius 1 is 1.13 bits per heavy atom. The highest BCUT2D eigenvalue weighted by Gasteiger charge is 2.42. The van der Waals surface area contributed by atoms with Crippen molar-refractivity contribution in [2.24, 2.45) is 4.99 Å². The minimum absolute atomic E-state index is 0.00495. The average Bonchev–Trinajstić information content (AvgIpc) is 3.81. The van der Waals surface area contributed by atoms with Crippen molar-refractivity contribution in [2.75, 3.05) is 44.3 Å². The molecule has 268 valence electrons. The Kier molecular flexibility index (Phi) is 8.02. The zero-order valence-electron chi connectivity index (χ0n) is 28.2. The molecule has 4 aliphatic heterocycles.